The van der Waals surface area contributed by atoms with Crippen molar-refractivity contribution in [2.75, 3.05) is 28.8 Å². The lowest BCUT2D eigenvalue weighted by atomic mass is 10.3. The first-order chi connectivity index (χ1) is 14.5. The van der Waals surface area contributed by atoms with E-state index in [0.29, 0.717) is 27.8 Å². The van der Waals surface area contributed by atoms with E-state index in [-0.39, 0.29) is 17.7 Å². The van der Waals surface area contributed by atoms with Crippen LogP contribution in [0.3, 0.4) is 0 Å². The van der Waals surface area contributed by atoms with Gasteiger partial charge in [0.15, 0.2) is 0 Å². The Kier molecular flexibility index (Phi) is 7.59. The summed E-state index contributed by atoms with van der Waals surface area (Å²) in [6, 6.07) is 21.2. The molecule has 0 spiro atoms. The highest BCUT2D eigenvalue weighted by Gasteiger charge is 2.07. The van der Waals surface area contributed by atoms with Crippen LogP contribution in [-0.4, -0.2) is 24.8 Å². The summed E-state index contributed by atoms with van der Waals surface area (Å²) in [5.74, 6) is 0.645. The average Bonchev–Trinajstić information content (AvgIpc) is 2.74. The van der Waals surface area contributed by atoms with Crippen LogP contribution in [0.25, 0.3) is 0 Å². The normalized spacial score (nSPS) is 10.2. The molecule has 3 rings (SSSR count). The van der Waals surface area contributed by atoms with Gasteiger partial charge in [-0.3, -0.25) is 4.79 Å². The Morgan fingerprint density at radius 3 is 2.13 bits per heavy atom. The van der Waals surface area contributed by atoms with E-state index in [1.807, 2.05) is 42.5 Å². The van der Waals surface area contributed by atoms with Crippen molar-refractivity contribution in [3.8, 4) is 5.75 Å². The van der Waals surface area contributed by atoms with Gasteiger partial charge in [-0.05, 0) is 54.6 Å². The summed E-state index contributed by atoms with van der Waals surface area (Å²) in [4.78, 5) is 25.1. The summed E-state index contributed by atoms with van der Waals surface area (Å²) in [6.07, 6.45) is 0. The molecule has 30 heavy (non-hydrogen) atoms. The van der Waals surface area contributed by atoms with Crippen molar-refractivity contribution in [3.63, 3.8) is 0 Å². The summed E-state index contributed by atoms with van der Waals surface area (Å²) in [5, 5.41) is 8.76. The SMILES string of the molecule is COc1ccc(NC(=O)CSc2ccc(NC(=O)Nc3ccccc3)cc2)cc1Cl. The van der Waals surface area contributed by atoms with E-state index in [4.69, 9.17) is 16.3 Å². The number of urea groups is 1. The zero-order valence-corrected chi connectivity index (χ0v) is 17.7. The molecule has 3 aromatic carbocycles. The number of halogens is 1. The molecule has 0 heterocycles. The Bertz CT molecular complexity index is 1010. The number of nitrogens with one attached hydrogen (secondary N) is 3. The number of carbonyl (C=O) groups is 2. The van der Waals surface area contributed by atoms with Gasteiger partial charge in [-0.15, -0.1) is 11.8 Å². The molecule has 0 unspecified atom stereocenters. The van der Waals surface area contributed by atoms with Crippen molar-refractivity contribution < 1.29 is 14.3 Å². The number of amides is 3. The summed E-state index contributed by atoms with van der Waals surface area (Å²) >= 11 is 7.46. The summed E-state index contributed by atoms with van der Waals surface area (Å²) in [6.45, 7) is 0. The van der Waals surface area contributed by atoms with E-state index in [1.165, 1.54) is 18.9 Å². The quantitative estimate of drug-likeness (QED) is 0.409. The van der Waals surface area contributed by atoms with Crippen molar-refractivity contribution in [1.82, 2.24) is 0 Å². The Morgan fingerprint density at radius 1 is 0.867 bits per heavy atom. The van der Waals surface area contributed by atoms with E-state index < -0.39 is 0 Å². The molecule has 0 atom stereocenters. The molecule has 154 valence electrons. The van der Waals surface area contributed by atoms with Gasteiger partial charge in [0.2, 0.25) is 5.91 Å². The molecular formula is C22H20ClN3O3S. The minimum Gasteiger partial charge on any atom is -0.495 e. The van der Waals surface area contributed by atoms with Gasteiger partial charge in [0.25, 0.3) is 0 Å². The lowest BCUT2D eigenvalue weighted by molar-refractivity contribution is -0.113. The van der Waals surface area contributed by atoms with E-state index in [2.05, 4.69) is 16.0 Å². The van der Waals surface area contributed by atoms with Crippen LogP contribution >= 0.6 is 23.4 Å². The number of thioether (sulfide) groups is 1. The number of ether oxygens (including phenoxy) is 1. The predicted molar refractivity (Wildman–Crippen MR) is 123 cm³/mol. The molecule has 0 aliphatic heterocycles. The zero-order chi connectivity index (χ0) is 21.3. The van der Waals surface area contributed by atoms with Crippen LogP contribution in [0.4, 0.5) is 21.9 Å². The fourth-order valence-electron chi connectivity index (χ4n) is 2.54. The van der Waals surface area contributed by atoms with Gasteiger partial charge in [0.1, 0.15) is 5.75 Å². The second-order valence-corrected chi connectivity index (χ2v) is 7.61. The molecule has 6 nitrogen and oxygen atoms in total. The van der Waals surface area contributed by atoms with E-state index >= 15 is 0 Å². The summed E-state index contributed by atoms with van der Waals surface area (Å²) < 4.78 is 5.09. The van der Waals surface area contributed by atoms with Gasteiger partial charge in [0.05, 0.1) is 17.9 Å². The number of carbonyl (C=O) groups excluding carboxylic acids is 2. The minimum absolute atomic E-state index is 0.148. The molecule has 8 heteroatoms. The van der Waals surface area contributed by atoms with Crippen LogP contribution < -0.4 is 20.7 Å². The summed E-state index contributed by atoms with van der Waals surface area (Å²) in [5.41, 5.74) is 1.98. The van der Waals surface area contributed by atoms with Gasteiger partial charge >= 0.3 is 6.03 Å². The Morgan fingerprint density at radius 2 is 1.50 bits per heavy atom. The van der Waals surface area contributed by atoms with Crippen molar-refractivity contribution in [1.29, 1.82) is 0 Å². The highest BCUT2D eigenvalue weighted by molar-refractivity contribution is 8.00. The first-order valence-corrected chi connectivity index (χ1v) is 10.4. The summed E-state index contributed by atoms with van der Waals surface area (Å²) in [7, 11) is 1.53. The largest absolute Gasteiger partial charge is 0.495 e. The standard InChI is InChI=1S/C22H20ClN3O3S/c1-29-20-12-9-17(13-19(20)23)24-21(27)14-30-18-10-7-16(8-11-18)26-22(28)25-15-5-3-2-4-6-15/h2-13H,14H2,1H3,(H,24,27)(H2,25,26,28). The smallest absolute Gasteiger partial charge is 0.323 e. The number of rotatable bonds is 7. The number of benzene rings is 3. The molecule has 0 aromatic heterocycles. The molecule has 0 aliphatic carbocycles. The van der Waals surface area contributed by atoms with E-state index in [0.717, 1.165) is 4.90 Å². The fourth-order valence-corrected chi connectivity index (χ4v) is 3.50. The Balaban J connectivity index is 1.46. The molecule has 0 fully saturated rings. The number of anilines is 3. The third-order valence-electron chi connectivity index (χ3n) is 3.95. The lowest BCUT2D eigenvalue weighted by Crippen LogP contribution is -2.19. The highest BCUT2D eigenvalue weighted by atomic mass is 35.5. The Labute approximate surface area is 184 Å². The number of para-hydroxylation sites is 1. The van der Waals surface area contributed by atoms with Gasteiger partial charge < -0.3 is 20.7 Å². The maximum absolute atomic E-state index is 12.2. The molecule has 3 N–H and O–H groups in total. The van der Waals surface area contributed by atoms with Gasteiger partial charge in [0, 0.05) is 22.0 Å². The van der Waals surface area contributed by atoms with E-state index in [1.54, 1.807) is 30.3 Å². The van der Waals surface area contributed by atoms with Crippen molar-refractivity contribution in [2.24, 2.45) is 0 Å². The monoisotopic (exact) mass is 441 g/mol. The molecule has 0 radical (unpaired) electrons. The molecule has 0 saturated heterocycles. The fraction of sp³-hybridized carbons (Fsp3) is 0.0909. The third-order valence-corrected chi connectivity index (χ3v) is 5.26. The van der Waals surface area contributed by atoms with Crippen LogP contribution in [-0.2, 0) is 4.79 Å². The predicted octanol–water partition coefficient (Wildman–Crippen LogP) is 5.72. The van der Waals surface area contributed by atoms with Gasteiger partial charge in [-0.2, -0.15) is 0 Å². The second kappa shape index (κ2) is 10.6. The number of methoxy groups -OCH3 is 1. The van der Waals surface area contributed by atoms with Crippen LogP contribution in [0, 0.1) is 0 Å². The van der Waals surface area contributed by atoms with Crippen LogP contribution in [0.15, 0.2) is 77.7 Å². The maximum atomic E-state index is 12.2. The lowest BCUT2D eigenvalue weighted by Gasteiger charge is -2.09. The van der Waals surface area contributed by atoms with Crippen LogP contribution in [0.1, 0.15) is 0 Å². The molecule has 0 bridgehead atoms. The van der Waals surface area contributed by atoms with Crippen LogP contribution in [0.2, 0.25) is 5.02 Å². The highest BCUT2D eigenvalue weighted by Crippen LogP contribution is 2.27. The maximum Gasteiger partial charge on any atom is 0.323 e. The number of hydrogen-bond donors (Lipinski definition) is 3. The third kappa shape index (κ3) is 6.43. The van der Waals surface area contributed by atoms with Gasteiger partial charge in [-0.25, -0.2) is 4.79 Å². The molecule has 0 aliphatic rings. The van der Waals surface area contributed by atoms with Crippen molar-refractivity contribution in [3.05, 3.63) is 77.8 Å². The Hall–Kier alpha value is -3.16. The first kappa shape index (κ1) is 21.5. The minimum atomic E-state index is -0.320. The van der Waals surface area contributed by atoms with Crippen molar-refractivity contribution in [2.45, 2.75) is 4.90 Å². The zero-order valence-electron chi connectivity index (χ0n) is 16.1. The molecule has 3 aromatic rings. The topological polar surface area (TPSA) is 79.5 Å². The van der Waals surface area contributed by atoms with Gasteiger partial charge in [-0.1, -0.05) is 29.8 Å². The molecular weight excluding hydrogens is 422 g/mol. The van der Waals surface area contributed by atoms with Crippen LogP contribution in [0.5, 0.6) is 5.75 Å². The van der Waals surface area contributed by atoms with Crippen molar-refractivity contribution >= 4 is 52.4 Å². The average molecular weight is 442 g/mol. The first-order valence-electron chi connectivity index (χ1n) is 9.03. The molecule has 0 saturated carbocycles. The number of hydrogen-bond acceptors (Lipinski definition) is 4. The second-order valence-electron chi connectivity index (χ2n) is 6.16. The molecule has 3 amide bonds. The van der Waals surface area contributed by atoms with E-state index in [9.17, 15) is 9.59 Å².